The van der Waals surface area contributed by atoms with E-state index in [0.717, 1.165) is 23.1 Å². The van der Waals surface area contributed by atoms with Gasteiger partial charge in [0.25, 0.3) is 5.91 Å². The zero-order chi connectivity index (χ0) is 9.97. The lowest BCUT2D eigenvalue weighted by molar-refractivity contribution is 0.0935. The SMILES string of the molecule is Cl.O=C(NC1CCNC1)c1cc(I)c[nH]1. The third-order valence-electron chi connectivity index (χ3n) is 2.29. The monoisotopic (exact) mass is 341 g/mol. The molecule has 84 valence electrons. The smallest absolute Gasteiger partial charge is 0.267 e. The van der Waals surface area contributed by atoms with E-state index in [9.17, 15) is 4.79 Å². The van der Waals surface area contributed by atoms with Gasteiger partial charge in [0.1, 0.15) is 5.69 Å². The van der Waals surface area contributed by atoms with E-state index in [-0.39, 0.29) is 24.4 Å². The summed E-state index contributed by atoms with van der Waals surface area (Å²) in [5.74, 6) is -0.0124. The minimum Gasteiger partial charge on any atom is -0.356 e. The van der Waals surface area contributed by atoms with Crippen LogP contribution < -0.4 is 10.6 Å². The number of rotatable bonds is 2. The van der Waals surface area contributed by atoms with Gasteiger partial charge in [0.05, 0.1) is 0 Å². The van der Waals surface area contributed by atoms with E-state index in [0.29, 0.717) is 5.69 Å². The van der Waals surface area contributed by atoms with Crippen LogP contribution in [0.4, 0.5) is 0 Å². The molecule has 1 aliphatic heterocycles. The molecule has 1 aliphatic rings. The topological polar surface area (TPSA) is 56.9 Å². The van der Waals surface area contributed by atoms with Crippen LogP contribution in [0, 0.1) is 3.57 Å². The lowest BCUT2D eigenvalue weighted by atomic mass is 10.2. The van der Waals surface area contributed by atoms with E-state index in [1.807, 2.05) is 12.3 Å². The molecule has 0 aromatic carbocycles. The average molecular weight is 342 g/mol. The van der Waals surface area contributed by atoms with Gasteiger partial charge in [-0.2, -0.15) is 0 Å². The van der Waals surface area contributed by atoms with Crippen LogP contribution in [0.15, 0.2) is 12.3 Å². The molecule has 1 unspecified atom stereocenters. The Hall–Kier alpha value is -0.270. The van der Waals surface area contributed by atoms with Crippen molar-refractivity contribution in [3.8, 4) is 0 Å². The van der Waals surface area contributed by atoms with Gasteiger partial charge in [-0.15, -0.1) is 12.4 Å². The van der Waals surface area contributed by atoms with E-state index in [1.165, 1.54) is 0 Å². The van der Waals surface area contributed by atoms with E-state index >= 15 is 0 Å². The molecule has 0 saturated carbocycles. The summed E-state index contributed by atoms with van der Waals surface area (Å²) in [6.07, 6.45) is 2.84. The highest BCUT2D eigenvalue weighted by Gasteiger charge is 2.17. The minimum absolute atomic E-state index is 0. The van der Waals surface area contributed by atoms with Crippen molar-refractivity contribution in [1.82, 2.24) is 15.6 Å². The van der Waals surface area contributed by atoms with Crippen molar-refractivity contribution in [2.75, 3.05) is 13.1 Å². The first kappa shape index (κ1) is 12.8. The van der Waals surface area contributed by atoms with Gasteiger partial charge in [0, 0.05) is 22.4 Å². The molecule has 0 spiro atoms. The predicted molar refractivity (Wildman–Crippen MR) is 69.5 cm³/mol. The van der Waals surface area contributed by atoms with Crippen molar-refractivity contribution in [3.05, 3.63) is 21.5 Å². The molecule has 4 nitrogen and oxygen atoms in total. The summed E-state index contributed by atoms with van der Waals surface area (Å²) in [5, 5.41) is 6.18. The third kappa shape index (κ3) is 3.35. The Bertz CT molecular complexity index is 336. The summed E-state index contributed by atoms with van der Waals surface area (Å²) in [7, 11) is 0. The molecule has 1 atom stereocenters. The van der Waals surface area contributed by atoms with Crippen molar-refractivity contribution >= 4 is 40.9 Å². The molecule has 1 amide bonds. The van der Waals surface area contributed by atoms with Gasteiger partial charge in [-0.1, -0.05) is 0 Å². The molecule has 0 bridgehead atoms. The lowest BCUT2D eigenvalue weighted by Crippen LogP contribution is -2.36. The second kappa shape index (κ2) is 5.72. The van der Waals surface area contributed by atoms with Crippen LogP contribution in [0.2, 0.25) is 0 Å². The Labute approximate surface area is 108 Å². The maximum Gasteiger partial charge on any atom is 0.267 e. The van der Waals surface area contributed by atoms with Crippen LogP contribution >= 0.6 is 35.0 Å². The summed E-state index contributed by atoms with van der Waals surface area (Å²) >= 11 is 2.17. The predicted octanol–water partition coefficient (Wildman–Crippen LogP) is 1.13. The molecule has 2 heterocycles. The molecule has 6 heteroatoms. The molecular weight excluding hydrogens is 328 g/mol. The molecule has 3 N–H and O–H groups in total. The van der Waals surface area contributed by atoms with E-state index in [4.69, 9.17) is 0 Å². The Morgan fingerprint density at radius 2 is 2.40 bits per heavy atom. The summed E-state index contributed by atoms with van der Waals surface area (Å²) < 4.78 is 1.05. The van der Waals surface area contributed by atoms with Gasteiger partial charge >= 0.3 is 0 Å². The average Bonchev–Trinajstić information content (AvgIpc) is 2.75. The fourth-order valence-electron chi connectivity index (χ4n) is 1.54. The minimum atomic E-state index is -0.0124. The first-order valence-corrected chi connectivity index (χ1v) is 5.69. The van der Waals surface area contributed by atoms with Crippen LogP contribution in [-0.2, 0) is 0 Å². The first-order chi connectivity index (χ1) is 6.75. The maximum atomic E-state index is 11.6. The summed E-state index contributed by atoms with van der Waals surface area (Å²) in [6.45, 7) is 1.87. The zero-order valence-corrected chi connectivity index (χ0v) is 11.0. The van der Waals surface area contributed by atoms with Crippen molar-refractivity contribution in [3.63, 3.8) is 0 Å². The summed E-state index contributed by atoms with van der Waals surface area (Å²) in [5.41, 5.74) is 0.640. The van der Waals surface area contributed by atoms with Gasteiger partial charge in [-0.05, 0) is 41.6 Å². The number of nitrogens with one attached hydrogen (secondary N) is 3. The highest BCUT2D eigenvalue weighted by Crippen LogP contribution is 2.07. The molecule has 1 saturated heterocycles. The number of H-pyrrole nitrogens is 1. The highest BCUT2D eigenvalue weighted by atomic mass is 127. The van der Waals surface area contributed by atoms with E-state index in [2.05, 4.69) is 38.2 Å². The van der Waals surface area contributed by atoms with Crippen LogP contribution in [0.25, 0.3) is 0 Å². The number of carbonyl (C=O) groups excluding carboxylic acids is 1. The van der Waals surface area contributed by atoms with Crippen molar-refractivity contribution in [2.24, 2.45) is 0 Å². The molecule has 1 aromatic heterocycles. The van der Waals surface area contributed by atoms with Gasteiger partial charge < -0.3 is 15.6 Å². The maximum absolute atomic E-state index is 11.6. The zero-order valence-electron chi connectivity index (χ0n) is 8.05. The Morgan fingerprint density at radius 3 is 2.93 bits per heavy atom. The third-order valence-corrected chi connectivity index (χ3v) is 2.91. The Morgan fingerprint density at radius 1 is 1.60 bits per heavy atom. The van der Waals surface area contributed by atoms with E-state index < -0.39 is 0 Å². The normalized spacial score (nSPS) is 19.7. The molecular formula is C9H13ClIN3O. The van der Waals surface area contributed by atoms with Gasteiger partial charge in [0.2, 0.25) is 0 Å². The number of aromatic amines is 1. The number of amides is 1. The quantitative estimate of drug-likeness (QED) is 0.707. The number of hydrogen-bond acceptors (Lipinski definition) is 2. The molecule has 2 rings (SSSR count). The fourth-order valence-corrected chi connectivity index (χ4v) is 2.01. The molecule has 0 aliphatic carbocycles. The van der Waals surface area contributed by atoms with Crippen LogP contribution in [0.3, 0.4) is 0 Å². The van der Waals surface area contributed by atoms with Crippen LogP contribution in [0.1, 0.15) is 16.9 Å². The summed E-state index contributed by atoms with van der Waals surface area (Å²) in [6, 6.07) is 2.13. The Balaban J connectivity index is 0.00000112. The number of carbonyl (C=O) groups is 1. The lowest BCUT2D eigenvalue weighted by Gasteiger charge is -2.09. The fraction of sp³-hybridized carbons (Fsp3) is 0.444. The van der Waals surface area contributed by atoms with Gasteiger partial charge in [-0.3, -0.25) is 4.79 Å². The summed E-state index contributed by atoms with van der Waals surface area (Å²) in [4.78, 5) is 14.6. The van der Waals surface area contributed by atoms with Crippen molar-refractivity contribution < 1.29 is 4.79 Å². The van der Waals surface area contributed by atoms with E-state index in [1.54, 1.807) is 0 Å². The molecule has 0 radical (unpaired) electrons. The molecule has 1 fully saturated rings. The molecule has 1 aromatic rings. The van der Waals surface area contributed by atoms with Crippen molar-refractivity contribution in [2.45, 2.75) is 12.5 Å². The van der Waals surface area contributed by atoms with Gasteiger partial charge in [-0.25, -0.2) is 0 Å². The van der Waals surface area contributed by atoms with Crippen LogP contribution in [0.5, 0.6) is 0 Å². The van der Waals surface area contributed by atoms with Crippen LogP contribution in [-0.4, -0.2) is 30.0 Å². The number of aromatic nitrogens is 1. The number of halogens is 2. The Kier molecular flexibility index (Phi) is 4.88. The standard InChI is InChI=1S/C9H12IN3O.ClH/c10-6-3-8(12-4-6)9(14)13-7-1-2-11-5-7;/h3-4,7,11-12H,1-2,5H2,(H,13,14);1H. The van der Waals surface area contributed by atoms with Gasteiger partial charge in [0.15, 0.2) is 0 Å². The second-order valence-electron chi connectivity index (χ2n) is 3.39. The van der Waals surface area contributed by atoms with Crippen molar-refractivity contribution in [1.29, 1.82) is 0 Å². The second-order valence-corrected chi connectivity index (χ2v) is 4.64. The first-order valence-electron chi connectivity index (χ1n) is 4.61. The molecule has 15 heavy (non-hydrogen) atoms. The highest BCUT2D eigenvalue weighted by molar-refractivity contribution is 14.1. The largest absolute Gasteiger partial charge is 0.356 e. The number of hydrogen-bond donors (Lipinski definition) is 3.